The Morgan fingerprint density at radius 1 is 1.06 bits per heavy atom. The third-order valence-corrected chi connectivity index (χ3v) is 2.45. The standard InChI is InChI=1S/C13H19N3O/c14-13(15)16-10-6-2-5-9-12(17)11-7-3-1-4-8-11/h1,3-4,7-8H,2,5-6,9-10H2,(H4,14,15,16). The molecule has 4 N–H and O–H groups in total. The first kappa shape index (κ1) is 13.2. The number of carbonyl (C=O) groups is 1. The van der Waals surface area contributed by atoms with Crippen LogP contribution < -0.4 is 11.5 Å². The molecule has 1 rings (SSSR count). The first-order valence-corrected chi connectivity index (χ1v) is 5.84. The molecule has 0 saturated carbocycles. The summed E-state index contributed by atoms with van der Waals surface area (Å²) in [6, 6.07) is 9.37. The number of guanidine groups is 1. The summed E-state index contributed by atoms with van der Waals surface area (Å²) in [7, 11) is 0. The molecule has 4 heteroatoms. The predicted molar refractivity (Wildman–Crippen MR) is 69.9 cm³/mol. The highest BCUT2D eigenvalue weighted by molar-refractivity contribution is 5.95. The molecule has 1 aromatic rings. The van der Waals surface area contributed by atoms with Crippen molar-refractivity contribution in [3.05, 3.63) is 35.9 Å². The summed E-state index contributed by atoms with van der Waals surface area (Å²) in [4.78, 5) is 15.6. The molecule has 1 aromatic carbocycles. The lowest BCUT2D eigenvalue weighted by Gasteiger charge is -2.00. The monoisotopic (exact) mass is 233 g/mol. The van der Waals surface area contributed by atoms with Crippen molar-refractivity contribution in [3.8, 4) is 0 Å². The van der Waals surface area contributed by atoms with Crippen molar-refractivity contribution in [2.45, 2.75) is 25.7 Å². The number of unbranched alkanes of at least 4 members (excludes halogenated alkanes) is 2. The number of nitrogens with zero attached hydrogens (tertiary/aromatic N) is 1. The third-order valence-electron chi connectivity index (χ3n) is 2.45. The molecule has 92 valence electrons. The fourth-order valence-corrected chi connectivity index (χ4v) is 1.55. The molecule has 0 radical (unpaired) electrons. The van der Waals surface area contributed by atoms with Gasteiger partial charge in [-0.25, -0.2) is 0 Å². The maximum atomic E-state index is 11.7. The van der Waals surface area contributed by atoms with Crippen LogP contribution in [0.2, 0.25) is 0 Å². The Kier molecular flexibility index (Phi) is 5.79. The van der Waals surface area contributed by atoms with E-state index in [0.717, 1.165) is 24.8 Å². The summed E-state index contributed by atoms with van der Waals surface area (Å²) < 4.78 is 0. The van der Waals surface area contributed by atoms with Crippen LogP contribution in [0.5, 0.6) is 0 Å². The summed E-state index contributed by atoms with van der Waals surface area (Å²) in [6.07, 6.45) is 3.36. The molecule has 0 heterocycles. The lowest BCUT2D eigenvalue weighted by atomic mass is 10.0. The quantitative estimate of drug-likeness (QED) is 0.325. The number of ketones is 1. The third kappa shape index (κ3) is 5.70. The number of rotatable bonds is 7. The molecule has 17 heavy (non-hydrogen) atoms. The van der Waals surface area contributed by atoms with Crippen molar-refractivity contribution in [2.24, 2.45) is 16.5 Å². The topological polar surface area (TPSA) is 81.5 Å². The van der Waals surface area contributed by atoms with Gasteiger partial charge in [0.05, 0.1) is 0 Å². The average Bonchev–Trinajstić information content (AvgIpc) is 2.34. The molecule has 0 bridgehead atoms. The van der Waals surface area contributed by atoms with Gasteiger partial charge in [0, 0.05) is 18.5 Å². The van der Waals surface area contributed by atoms with Gasteiger partial charge in [0.1, 0.15) is 0 Å². The fraction of sp³-hybridized carbons (Fsp3) is 0.385. The van der Waals surface area contributed by atoms with Crippen LogP contribution in [-0.2, 0) is 0 Å². The van der Waals surface area contributed by atoms with Crippen LogP contribution in [0.15, 0.2) is 35.3 Å². The zero-order valence-electron chi connectivity index (χ0n) is 9.93. The molecule has 0 amide bonds. The van der Waals surface area contributed by atoms with Gasteiger partial charge >= 0.3 is 0 Å². The van der Waals surface area contributed by atoms with E-state index in [1.165, 1.54) is 0 Å². The van der Waals surface area contributed by atoms with Crippen LogP contribution in [0, 0.1) is 0 Å². The van der Waals surface area contributed by atoms with Gasteiger partial charge in [0.2, 0.25) is 0 Å². The zero-order chi connectivity index (χ0) is 12.5. The van der Waals surface area contributed by atoms with Crippen LogP contribution in [0.3, 0.4) is 0 Å². The fourth-order valence-electron chi connectivity index (χ4n) is 1.55. The van der Waals surface area contributed by atoms with E-state index in [1.807, 2.05) is 30.3 Å². The van der Waals surface area contributed by atoms with Gasteiger partial charge in [0.25, 0.3) is 0 Å². The van der Waals surface area contributed by atoms with E-state index in [2.05, 4.69) is 4.99 Å². The van der Waals surface area contributed by atoms with Crippen molar-refractivity contribution in [1.29, 1.82) is 0 Å². The Morgan fingerprint density at radius 3 is 2.41 bits per heavy atom. The van der Waals surface area contributed by atoms with Crippen LogP contribution in [0.4, 0.5) is 0 Å². The average molecular weight is 233 g/mol. The number of benzene rings is 1. The summed E-state index contributed by atoms with van der Waals surface area (Å²) in [5, 5.41) is 0. The molecule has 0 aliphatic rings. The van der Waals surface area contributed by atoms with Crippen LogP contribution >= 0.6 is 0 Å². The molecule has 0 aromatic heterocycles. The van der Waals surface area contributed by atoms with E-state index in [9.17, 15) is 4.79 Å². The second-order valence-corrected chi connectivity index (χ2v) is 3.91. The maximum absolute atomic E-state index is 11.7. The second-order valence-electron chi connectivity index (χ2n) is 3.91. The minimum atomic E-state index is 0.130. The Hall–Kier alpha value is -1.84. The number of nitrogens with two attached hydrogens (primary N) is 2. The number of aliphatic imine (C=N–C) groups is 1. The van der Waals surface area contributed by atoms with Gasteiger partial charge in [0.15, 0.2) is 11.7 Å². The van der Waals surface area contributed by atoms with Crippen molar-refractivity contribution < 1.29 is 4.79 Å². The van der Waals surface area contributed by atoms with E-state index in [1.54, 1.807) is 0 Å². The Labute approximate surface area is 102 Å². The van der Waals surface area contributed by atoms with Gasteiger partial charge in [-0.15, -0.1) is 0 Å². The molecule has 0 fully saturated rings. The molecule has 0 aliphatic heterocycles. The van der Waals surface area contributed by atoms with Gasteiger partial charge in [-0.1, -0.05) is 36.8 Å². The summed E-state index contributed by atoms with van der Waals surface area (Å²) >= 11 is 0. The molecule has 0 unspecified atom stereocenters. The Bertz CT molecular complexity index is 370. The minimum Gasteiger partial charge on any atom is -0.370 e. The van der Waals surface area contributed by atoms with E-state index < -0.39 is 0 Å². The Balaban J connectivity index is 2.15. The SMILES string of the molecule is NC(N)=NCCCCCC(=O)c1ccccc1. The van der Waals surface area contributed by atoms with Gasteiger partial charge in [-0.05, 0) is 12.8 Å². The molecule has 0 saturated heterocycles. The first-order valence-electron chi connectivity index (χ1n) is 5.84. The highest BCUT2D eigenvalue weighted by Crippen LogP contribution is 2.07. The number of Topliss-reactive ketones (excluding diaryl/α,β-unsaturated/α-hetero) is 1. The highest BCUT2D eigenvalue weighted by Gasteiger charge is 2.03. The van der Waals surface area contributed by atoms with E-state index >= 15 is 0 Å². The van der Waals surface area contributed by atoms with Crippen LogP contribution in [0.25, 0.3) is 0 Å². The molecule has 0 atom stereocenters. The van der Waals surface area contributed by atoms with Crippen molar-refractivity contribution >= 4 is 11.7 Å². The largest absolute Gasteiger partial charge is 0.370 e. The van der Waals surface area contributed by atoms with Gasteiger partial charge in [-0.2, -0.15) is 0 Å². The van der Waals surface area contributed by atoms with Crippen molar-refractivity contribution in [3.63, 3.8) is 0 Å². The number of carbonyl (C=O) groups excluding carboxylic acids is 1. The van der Waals surface area contributed by atoms with Crippen LogP contribution in [-0.4, -0.2) is 18.3 Å². The number of hydrogen-bond donors (Lipinski definition) is 2. The highest BCUT2D eigenvalue weighted by atomic mass is 16.1. The minimum absolute atomic E-state index is 0.130. The normalized spacial score (nSPS) is 9.88. The molecular weight excluding hydrogens is 214 g/mol. The van der Waals surface area contributed by atoms with E-state index in [0.29, 0.717) is 13.0 Å². The second kappa shape index (κ2) is 7.44. The summed E-state index contributed by atoms with van der Waals surface area (Å²) in [5.74, 6) is 0.331. The summed E-state index contributed by atoms with van der Waals surface area (Å²) in [6.45, 7) is 0.641. The maximum Gasteiger partial charge on any atom is 0.185 e. The van der Waals surface area contributed by atoms with Crippen molar-refractivity contribution in [2.75, 3.05) is 6.54 Å². The first-order chi connectivity index (χ1) is 8.20. The lowest BCUT2D eigenvalue weighted by molar-refractivity contribution is 0.0979. The predicted octanol–water partition coefficient (Wildman–Crippen LogP) is 1.70. The van der Waals surface area contributed by atoms with E-state index in [-0.39, 0.29) is 11.7 Å². The molecule has 0 aliphatic carbocycles. The number of hydrogen-bond acceptors (Lipinski definition) is 2. The van der Waals surface area contributed by atoms with E-state index in [4.69, 9.17) is 11.5 Å². The Morgan fingerprint density at radius 2 is 1.76 bits per heavy atom. The lowest BCUT2D eigenvalue weighted by Crippen LogP contribution is -2.22. The molecular formula is C13H19N3O. The zero-order valence-corrected chi connectivity index (χ0v) is 9.93. The van der Waals surface area contributed by atoms with Gasteiger partial charge in [-0.3, -0.25) is 9.79 Å². The molecule has 0 spiro atoms. The van der Waals surface area contributed by atoms with Gasteiger partial charge < -0.3 is 11.5 Å². The summed E-state index contributed by atoms with van der Waals surface area (Å²) in [5.41, 5.74) is 11.2. The molecule has 4 nitrogen and oxygen atoms in total. The van der Waals surface area contributed by atoms with Crippen LogP contribution in [0.1, 0.15) is 36.0 Å². The smallest absolute Gasteiger partial charge is 0.185 e. The van der Waals surface area contributed by atoms with Crippen molar-refractivity contribution in [1.82, 2.24) is 0 Å².